The number of aromatic nitrogens is 1. The van der Waals surface area contributed by atoms with E-state index in [4.69, 9.17) is 0 Å². The van der Waals surface area contributed by atoms with Gasteiger partial charge in [0, 0.05) is 37.4 Å². The number of hydrogen-bond acceptors (Lipinski definition) is 4. The van der Waals surface area contributed by atoms with Crippen molar-refractivity contribution in [3.63, 3.8) is 0 Å². The molecule has 4 nitrogen and oxygen atoms in total. The summed E-state index contributed by atoms with van der Waals surface area (Å²) >= 11 is 0. The first-order valence-corrected chi connectivity index (χ1v) is 7.77. The quantitative estimate of drug-likeness (QED) is 0.864. The summed E-state index contributed by atoms with van der Waals surface area (Å²) in [5.41, 5.74) is 1.30. The van der Waals surface area contributed by atoms with E-state index < -0.39 is 0 Å². The molecule has 0 aliphatic carbocycles. The Morgan fingerprint density at radius 3 is 3.10 bits per heavy atom. The van der Waals surface area contributed by atoms with Gasteiger partial charge in [0.25, 0.3) is 0 Å². The fourth-order valence-electron chi connectivity index (χ4n) is 2.87. The zero-order chi connectivity index (χ0) is 14.4. The van der Waals surface area contributed by atoms with E-state index >= 15 is 0 Å². The van der Waals surface area contributed by atoms with Gasteiger partial charge in [0.1, 0.15) is 5.82 Å². The molecule has 1 aliphatic heterocycles. The predicted octanol–water partition coefficient (Wildman–Crippen LogP) is 2.43. The molecule has 0 spiro atoms. The number of likely N-dealkylation sites (N-methyl/N-ethyl adjacent to an activating group) is 2. The van der Waals surface area contributed by atoms with E-state index in [0.29, 0.717) is 6.04 Å². The monoisotopic (exact) mass is 276 g/mol. The first kappa shape index (κ1) is 15.3. The summed E-state index contributed by atoms with van der Waals surface area (Å²) in [5, 5.41) is 3.43. The molecule has 2 heterocycles. The third kappa shape index (κ3) is 4.18. The van der Waals surface area contributed by atoms with Crippen LogP contribution in [0.25, 0.3) is 0 Å². The lowest BCUT2D eigenvalue weighted by atomic mass is 10.0. The standard InChI is InChI=1S/C16H28N4/c1-4-9-17-16-14(7-5-10-18-16)12-20(3)15-8-6-11-19(2)13-15/h5,7,10,15H,4,6,8-9,11-13H2,1-3H3,(H,17,18). The Balaban J connectivity index is 1.97. The van der Waals surface area contributed by atoms with Crippen LogP contribution in [-0.4, -0.2) is 54.6 Å². The van der Waals surface area contributed by atoms with Crippen LogP contribution in [0.1, 0.15) is 31.7 Å². The van der Waals surface area contributed by atoms with Crippen molar-refractivity contribution in [2.45, 2.75) is 38.8 Å². The molecule has 4 heteroatoms. The summed E-state index contributed by atoms with van der Waals surface area (Å²) in [6.07, 6.45) is 5.60. The Morgan fingerprint density at radius 1 is 1.50 bits per heavy atom. The van der Waals surface area contributed by atoms with Gasteiger partial charge in [-0.05, 0) is 46.0 Å². The van der Waals surface area contributed by atoms with Gasteiger partial charge in [-0.2, -0.15) is 0 Å². The van der Waals surface area contributed by atoms with Gasteiger partial charge in [-0.25, -0.2) is 4.98 Å². The van der Waals surface area contributed by atoms with Crippen molar-refractivity contribution < 1.29 is 0 Å². The predicted molar refractivity (Wildman–Crippen MR) is 85.0 cm³/mol. The molecule has 1 N–H and O–H groups in total. The second kappa shape index (κ2) is 7.60. The van der Waals surface area contributed by atoms with E-state index in [2.05, 4.69) is 47.2 Å². The first-order chi connectivity index (χ1) is 9.70. The molecule has 112 valence electrons. The van der Waals surface area contributed by atoms with Crippen molar-refractivity contribution in [2.75, 3.05) is 39.0 Å². The van der Waals surface area contributed by atoms with Crippen molar-refractivity contribution in [1.29, 1.82) is 0 Å². The Morgan fingerprint density at radius 2 is 2.35 bits per heavy atom. The molecule has 1 aromatic heterocycles. The number of piperidine rings is 1. The highest BCUT2D eigenvalue weighted by atomic mass is 15.2. The van der Waals surface area contributed by atoms with Crippen molar-refractivity contribution in [3.05, 3.63) is 23.9 Å². The largest absolute Gasteiger partial charge is 0.370 e. The maximum absolute atomic E-state index is 4.48. The fraction of sp³-hybridized carbons (Fsp3) is 0.688. The summed E-state index contributed by atoms with van der Waals surface area (Å²) in [6, 6.07) is 4.88. The van der Waals surface area contributed by atoms with Crippen LogP contribution >= 0.6 is 0 Å². The number of pyridine rings is 1. The van der Waals surface area contributed by atoms with Crippen LogP contribution in [0.5, 0.6) is 0 Å². The highest BCUT2D eigenvalue weighted by Crippen LogP contribution is 2.19. The van der Waals surface area contributed by atoms with Crippen LogP contribution in [0, 0.1) is 0 Å². The molecule has 1 unspecified atom stereocenters. The molecule has 0 aromatic carbocycles. The number of nitrogens with one attached hydrogen (secondary N) is 1. The summed E-state index contributed by atoms with van der Waals surface area (Å²) in [5.74, 6) is 1.05. The highest BCUT2D eigenvalue weighted by molar-refractivity contribution is 5.43. The van der Waals surface area contributed by atoms with E-state index in [1.807, 2.05) is 12.3 Å². The molecule has 0 bridgehead atoms. The molecule has 20 heavy (non-hydrogen) atoms. The maximum Gasteiger partial charge on any atom is 0.130 e. The SMILES string of the molecule is CCCNc1ncccc1CN(C)C1CCCN(C)C1. The smallest absolute Gasteiger partial charge is 0.130 e. The average molecular weight is 276 g/mol. The molecule has 1 atom stereocenters. The second-order valence-corrected chi connectivity index (χ2v) is 5.91. The minimum absolute atomic E-state index is 0.660. The number of hydrogen-bond donors (Lipinski definition) is 1. The van der Waals surface area contributed by atoms with Crippen LogP contribution in [-0.2, 0) is 6.54 Å². The van der Waals surface area contributed by atoms with Gasteiger partial charge in [-0.15, -0.1) is 0 Å². The molecule has 1 aliphatic rings. The third-order valence-corrected chi connectivity index (χ3v) is 4.08. The van der Waals surface area contributed by atoms with Gasteiger partial charge in [-0.3, -0.25) is 4.90 Å². The number of likely N-dealkylation sites (tertiary alicyclic amines) is 1. The fourth-order valence-corrected chi connectivity index (χ4v) is 2.87. The number of anilines is 1. The summed E-state index contributed by atoms with van der Waals surface area (Å²) in [4.78, 5) is 9.39. The Bertz CT molecular complexity index is 407. The van der Waals surface area contributed by atoms with Crippen molar-refractivity contribution >= 4 is 5.82 Å². The molecule has 1 fully saturated rings. The molecule has 1 saturated heterocycles. The summed E-state index contributed by atoms with van der Waals surface area (Å²) in [7, 11) is 4.46. The minimum atomic E-state index is 0.660. The lowest BCUT2D eigenvalue weighted by Crippen LogP contribution is -2.44. The minimum Gasteiger partial charge on any atom is -0.370 e. The summed E-state index contributed by atoms with van der Waals surface area (Å²) < 4.78 is 0. The van der Waals surface area contributed by atoms with Crippen molar-refractivity contribution in [2.24, 2.45) is 0 Å². The van der Waals surface area contributed by atoms with Crippen LogP contribution in [0.3, 0.4) is 0 Å². The van der Waals surface area contributed by atoms with E-state index in [0.717, 1.165) is 25.3 Å². The van der Waals surface area contributed by atoms with Crippen LogP contribution in [0.15, 0.2) is 18.3 Å². The van der Waals surface area contributed by atoms with Crippen molar-refractivity contribution in [3.8, 4) is 0 Å². The van der Waals surface area contributed by atoms with E-state index in [1.54, 1.807) is 0 Å². The molecular weight excluding hydrogens is 248 g/mol. The van der Waals surface area contributed by atoms with E-state index in [-0.39, 0.29) is 0 Å². The van der Waals surface area contributed by atoms with Gasteiger partial charge in [0.2, 0.25) is 0 Å². The first-order valence-electron chi connectivity index (χ1n) is 7.77. The van der Waals surface area contributed by atoms with Gasteiger partial charge < -0.3 is 10.2 Å². The Labute approximate surface area is 123 Å². The lowest BCUT2D eigenvalue weighted by Gasteiger charge is -2.36. The number of rotatable bonds is 6. The number of nitrogens with zero attached hydrogens (tertiary/aromatic N) is 3. The van der Waals surface area contributed by atoms with Crippen LogP contribution < -0.4 is 5.32 Å². The molecule has 0 amide bonds. The van der Waals surface area contributed by atoms with Gasteiger partial charge in [0.05, 0.1) is 0 Å². The molecular formula is C16H28N4. The van der Waals surface area contributed by atoms with Crippen molar-refractivity contribution in [1.82, 2.24) is 14.8 Å². The van der Waals surface area contributed by atoms with Gasteiger partial charge in [0.15, 0.2) is 0 Å². The zero-order valence-corrected chi connectivity index (χ0v) is 13.1. The van der Waals surface area contributed by atoms with Crippen LogP contribution in [0.4, 0.5) is 5.82 Å². The van der Waals surface area contributed by atoms with Gasteiger partial charge >= 0.3 is 0 Å². The maximum atomic E-state index is 4.48. The summed E-state index contributed by atoms with van der Waals surface area (Å²) in [6.45, 7) is 6.55. The van der Waals surface area contributed by atoms with E-state index in [1.165, 1.54) is 31.5 Å². The molecule has 2 rings (SSSR count). The Hall–Kier alpha value is -1.13. The second-order valence-electron chi connectivity index (χ2n) is 5.91. The average Bonchev–Trinajstić information content (AvgIpc) is 2.46. The molecule has 1 aromatic rings. The van der Waals surface area contributed by atoms with Gasteiger partial charge in [-0.1, -0.05) is 13.0 Å². The normalized spacial score (nSPS) is 20.3. The molecule has 0 saturated carbocycles. The third-order valence-electron chi connectivity index (χ3n) is 4.08. The van der Waals surface area contributed by atoms with E-state index in [9.17, 15) is 0 Å². The topological polar surface area (TPSA) is 31.4 Å². The molecule has 0 radical (unpaired) electrons. The Kier molecular flexibility index (Phi) is 5.80. The zero-order valence-electron chi connectivity index (χ0n) is 13.1. The highest BCUT2D eigenvalue weighted by Gasteiger charge is 2.21. The van der Waals surface area contributed by atoms with Crippen LogP contribution in [0.2, 0.25) is 0 Å². The lowest BCUT2D eigenvalue weighted by molar-refractivity contribution is 0.129.